The molecule has 0 aliphatic rings. The molecule has 23 heavy (non-hydrogen) atoms. The lowest BCUT2D eigenvalue weighted by Gasteiger charge is -2.13. The largest absolute Gasteiger partial charge is 0.493 e. The second kappa shape index (κ2) is 7.79. The first-order chi connectivity index (χ1) is 11.1. The number of urea groups is 1. The number of nitrogens with one attached hydrogen (secondary N) is 1. The fourth-order valence-electron chi connectivity index (χ4n) is 1.88. The number of primary amides is 1. The van der Waals surface area contributed by atoms with Crippen LogP contribution in [-0.2, 0) is 6.61 Å². The number of hydrogen-bond donors (Lipinski definition) is 2. The third-order valence-electron chi connectivity index (χ3n) is 2.94. The van der Waals surface area contributed by atoms with Crippen molar-refractivity contribution in [2.45, 2.75) is 6.61 Å². The molecule has 2 rings (SSSR count). The SMILES string of the molecule is COc1cccc(/C=N/NC(N)=O)c1OCc1ccccc1F. The molecule has 2 amide bonds. The number of benzene rings is 2. The van der Waals surface area contributed by atoms with Gasteiger partial charge in [0.2, 0.25) is 0 Å². The summed E-state index contributed by atoms with van der Waals surface area (Å²) >= 11 is 0. The molecule has 120 valence electrons. The summed E-state index contributed by atoms with van der Waals surface area (Å²) in [6.45, 7) is 0.0249. The number of methoxy groups -OCH3 is 1. The van der Waals surface area contributed by atoms with Crippen molar-refractivity contribution in [3.63, 3.8) is 0 Å². The number of nitrogens with two attached hydrogens (primary N) is 1. The van der Waals surface area contributed by atoms with Crippen LogP contribution in [0, 0.1) is 5.82 Å². The average molecular weight is 317 g/mol. The minimum Gasteiger partial charge on any atom is -0.493 e. The number of hydrazone groups is 1. The van der Waals surface area contributed by atoms with E-state index in [1.165, 1.54) is 19.4 Å². The lowest BCUT2D eigenvalue weighted by molar-refractivity contribution is 0.249. The van der Waals surface area contributed by atoms with Gasteiger partial charge in [-0.1, -0.05) is 24.3 Å². The molecule has 6 nitrogen and oxygen atoms in total. The van der Waals surface area contributed by atoms with Gasteiger partial charge < -0.3 is 15.2 Å². The van der Waals surface area contributed by atoms with Crippen LogP contribution in [0.1, 0.15) is 11.1 Å². The number of carbonyl (C=O) groups is 1. The van der Waals surface area contributed by atoms with Crippen molar-refractivity contribution in [3.8, 4) is 11.5 Å². The van der Waals surface area contributed by atoms with E-state index in [-0.39, 0.29) is 12.4 Å². The van der Waals surface area contributed by atoms with Crippen LogP contribution in [-0.4, -0.2) is 19.4 Å². The third kappa shape index (κ3) is 4.44. The van der Waals surface area contributed by atoms with Gasteiger partial charge in [-0.25, -0.2) is 14.6 Å². The summed E-state index contributed by atoms with van der Waals surface area (Å²) in [6.07, 6.45) is 1.37. The summed E-state index contributed by atoms with van der Waals surface area (Å²) in [7, 11) is 1.49. The molecule has 0 aromatic heterocycles. The van der Waals surface area contributed by atoms with E-state index in [2.05, 4.69) is 10.5 Å². The highest BCUT2D eigenvalue weighted by Gasteiger charge is 2.11. The van der Waals surface area contributed by atoms with Crippen molar-refractivity contribution < 1.29 is 18.7 Å². The molecule has 0 aliphatic carbocycles. The van der Waals surface area contributed by atoms with Crippen molar-refractivity contribution in [1.29, 1.82) is 0 Å². The predicted molar refractivity (Wildman–Crippen MR) is 84.0 cm³/mol. The second-order valence-corrected chi connectivity index (χ2v) is 4.49. The Morgan fingerprint density at radius 3 is 2.78 bits per heavy atom. The van der Waals surface area contributed by atoms with Gasteiger partial charge in [0.1, 0.15) is 12.4 Å². The fourth-order valence-corrected chi connectivity index (χ4v) is 1.88. The second-order valence-electron chi connectivity index (χ2n) is 4.49. The molecular weight excluding hydrogens is 301 g/mol. The van der Waals surface area contributed by atoms with Crippen LogP contribution in [0.2, 0.25) is 0 Å². The van der Waals surface area contributed by atoms with Crippen LogP contribution in [0.25, 0.3) is 0 Å². The first kappa shape index (κ1) is 16.3. The van der Waals surface area contributed by atoms with E-state index in [0.29, 0.717) is 22.6 Å². The summed E-state index contributed by atoms with van der Waals surface area (Å²) in [5, 5.41) is 3.69. The summed E-state index contributed by atoms with van der Waals surface area (Å²) in [5.41, 5.74) is 8.00. The maximum absolute atomic E-state index is 13.7. The minimum absolute atomic E-state index is 0.0249. The van der Waals surface area contributed by atoms with Crippen LogP contribution in [0.15, 0.2) is 47.6 Å². The van der Waals surface area contributed by atoms with Crippen LogP contribution in [0.4, 0.5) is 9.18 Å². The quantitative estimate of drug-likeness (QED) is 0.633. The summed E-state index contributed by atoms with van der Waals surface area (Å²) in [6, 6.07) is 10.7. The highest BCUT2D eigenvalue weighted by molar-refractivity contribution is 5.86. The highest BCUT2D eigenvalue weighted by Crippen LogP contribution is 2.31. The van der Waals surface area contributed by atoms with Gasteiger partial charge in [-0.15, -0.1) is 0 Å². The monoisotopic (exact) mass is 317 g/mol. The van der Waals surface area contributed by atoms with Crippen LogP contribution in [0.5, 0.6) is 11.5 Å². The minimum atomic E-state index is -0.780. The number of halogens is 1. The fraction of sp³-hybridized carbons (Fsp3) is 0.125. The number of ether oxygens (including phenoxy) is 2. The van der Waals surface area contributed by atoms with Crippen molar-refractivity contribution in [2.75, 3.05) is 7.11 Å². The molecular formula is C16H16FN3O3. The Morgan fingerprint density at radius 2 is 2.09 bits per heavy atom. The Morgan fingerprint density at radius 1 is 1.30 bits per heavy atom. The zero-order valence-electron chi connectivity index (χ0n) is 12.5. The van der Waals surface area contributed by atoms with Gasteiger partial charge in [-0.3, -0.25) is 0 Å². The third-order valence-corrected chi connectivity index (χ3v) is 2.94. The zero-order valence-corrected chi connectivity index (χ0v) is 12.5. The standard InChI is InChI=1S/C16H16FN3O3/c1-22-14-8-4-6-11(9-19-20-16(18)21)15(14)23-10-12-5-2-3-7-13(12)17/h2-9H,10H2,1H3,(H3,18,20,21)/b19-9+. The lowest BCUT2D eigenvalue weighted by atomic mass is 10.2. The van der Waals surface area contributed by atoms with E-state index in [4.69, 9.17) is 15.2 Å². The maximum atomic E-state index is 13.7. The normalized spacial score (nSPS) is 10.5. The van der Waals surface area contributed by atoms with Crippen molar-refractivity contribution in [2.24, 2.45) is 10.8 Å². The van der Waals surface area contributed by atoms with Crippen LogP contribution in [0.3, 0.4) is 0 Å². The highest BCUT2D eigenvalue weighted by atomic mass is 19.1. The van der Waals surface area contributed by atoms with E-state index >= 15 is 0 Å². The molecule has 3 N–H and O–H groups in total. The lowest BCUT2D eigenvalue weighted by Crippen LogP contribution is -2.24. The molecule has 0 saturated carbocycles. The molecule has 0 bridgehead atoms. The van der Waals surface area contributed by atoms with E-state index in [9.17, 15) is 9.18 Å². The molecule has 0 saturated heterocycles. The van der Waals surface area contributed by atoms with E-state index in [1.807, 2.05) is 0 Å². The summed E-state index contributed by atoms with van der Waals surface area (Å²) in [5.74, 6) is 0.491. The Hall–Kier alpha value is -3.09. The molecule has 0 atom stereocenters. The Bertz CT molecular complexity index is 719. The molecule has 0 radical (unpaired) electrons. The molecule has 0 spiro atoms. The van der Waals surface area contributed by atoms with E-state index in [0.717, 1.165) is 0 Å². The average Bonchev–Trinajstić information content (AvgIpc) is 2.54. The number of carbonyl (C=O) groups excluding carboxylic acids is 1. The molecule has 0 fully saturated rings. The molecule has 2 aromatic carbocycles. The van der Waals surface area contributed by atoms with Gasteiger partial charge >= 0.3 is 6.03 Å². The van der Waals surface area contributed by atoms with Gasteiger partial charge in [0.25, 0.3) is 0 Å². The molecule has 0 heterocycles. The van der Waals surface area contributed by atoms with Gasteiger partial charge in [0.15, 0.2) is 11.5 Å². The van der Waals surface area contributed by atoms with Crippen molar-refractivity contribution in [1.82, 2.24) is 5.43 Å². The van der Waals surface area contributed by atoms with E-state index < -0.39 is 6.03 Å². The van der Waals surface area contributed by atoms with Gasteiger partial charge in [0.05, 0.1) is 13.3 Å². The van der Waals surface area contributed by atoms with Gasteiger partial charge in [-0.05, 0) is 18.2 Å². The molecule has 7 heteroatoms. The molecule has 0 aliphatic heterocycles. The molecule has 2 aromatic rings. The van der Waals surface area contributed by atoms with Gasteiger partial charge in [0, 0.05) is 11.1 Å². The van der Waals surface area contributed by atoms with Crippen LogP contribution < -0.4 is 20.6 Å². The number of hydrogen-bond acceptors (Lipinski definition) is 4. The Balaban J connectivity index is 2.23. The summed E-state index contributed by atoms with van der Waals surface area (Å²) in [4.78, 5) is 10.6. The maximum Gasteiger partial charge on any atom is 0.332 e. The Labute approximate surface area is 132 Å². The smallest absolute Gasteiger partial charge is 0.332 e. The number of amides is 2. The number of rotatable bonds is 6. The predicted octanol–water partition coefficient (Wildman–Crippen LogP) is 2.42. The number of para-hydroxylation sites is 1. The van der Waals surface area contributed by atoms with Crippen molar-refractivity contribution >= 4 is 12.2 Å². The molecule has 0 unspecified atom stereocenters. The van der Waals surface area contributed by atoms with Crippen molar-refractivity contribution in [3.05, 3.63) is 59.4 Å². The Kier molecular flexibility index (Phi) is 5.51. The van der Waals surface area contributed by atoms with E-state index in [1.54, 1.807) is 36.4 Å². The zero-order chi connectivity index (χ0) is 16.7. The topological polar surface area (TPSA) is 85.9 Å². The van der Waals surface area contributed by atoms with Crippen LogP contribution >= 0.6 is 0 Å². The first-order valence-electron chi connectivity index (χ1n) is 6.73. The summed E-state index contributed by atoms with van der Waals surface area (Å²) < 4.78 is 24.6. The first-order valence-corrected chi connectivity index (χ1v) is 6.73. The van der Waals surface area contributed by atoms with Gasteiger partial charge in [-0.2, -0.15) is 5.10 Å². The number of nitrogens with zero attached hydrogens (tertiary/aromatic N) is 1.